The number of halogens is 2. The zero-order valence-corrected chi connectivity index (χ0v) is 10.9. The molecule has 5 heteroatoms. The van der Waals surface area contributed by atoms with E-state index in [9.17, 15) is 9.90 Å². The Morgan fingerprint density at radius 3 is 2.46 bits per heavy atom. The van der Waals surface area contributed by atoms with Crippen LogP contribution in [-0.2, 0) is 0 Å². The SMILES string of the molecule is Cc1c([O-])c(I)cc(I)c1C(=O)O. The summed E-state index contributed by atoms with van der Waals surface area (Å²) in [4.78, 5) is 10.8. The minimum Gasteiger partial charge on any atom is -0.872 e. The van der Waals surface area contributed by atoms with Crippen molar-refractivity contribution in [2.24, 2.45) is 0 Å². The fourth-order valence-corrected chi connectivity index (χ4v) is 3.24. The third-order valence-corrected chi connectivity index (χ3v) is 3.29. The fourth-order valence-electron chi connectivity index (χ4n) is 0.983. The summed E-state index contributed by atoms with van der Waals surface area (Å²) < 4.78 is 1.16. The molecular formula is C8H5I2O3-. The maximum atomic E-state index is 11.4. The summed E-state index contributed by atoms with van der Waals surface area (Å²) in [6.07, 6.45) is 0. The van der Waals surface area contributed by atoms with Crippen LogP contribution in [0.25, 0.3) is 0 Å². The van der Waals surface area contributed by atoms with E-state index in [4.69, 9.17) is 5.11 Å². The van der Waals surface area contributed by atoms with E-state index in [0.29, 0.717) is 12.7 Å². The van der Waals surface area contributed by atoms with Gasteiger partial charge in [0, 0.05) is 7.14 Å². The van der Waals surface area contributed by atoms with Gasteiger partial charge in [0.05, 0.1) is 5.56 Å². The first-order chi connectivity index (χ1) is 5.95. The van der Waals surface area contributed by atoms with Crippen LogP contribution in [0.5, 0.6) is 5.75 Å². The molecule has 0 unspecified atom stereocenters. The third-order valence-electron chi connectivity index (χ3n) is 1.64. The van der Waals surface area contributed by atoms with E-state index in [2.05, 4.69) is 0 Å². The highest BCUT2D eigenvalue weighted by atomic mass is 127. The van der Waals surface area contributed by atoms with E-state index >= 15 is 0 Å². The Labute approximate surface area is 102 Å². The Kier molecular flexibility index (Phi) is 3.38. The van der Waals surface area contributed by atoms with Crippen molar-refractivity contribution in [3.05, 3.63) is 24.3 Å². The van der Waals surface area contributed by atoms with E-state index in [1.807, 2.05) is 45.2 Å². The first-order valence-corrected chi connectivity index (χ1v) is 5.49. The Hall–Kier alpha value is -0.0500. The second-order valence-corrected chi connectivity index (χ2v) is 4.80. The number of hydrogen-bond acceptors (Lipinski definition) is 2. The molecule has 0 fully saturated rings. The summed E-state index contributed by atoms with van der Waals surface area (Å²) in [5.74, 6) is -1.24. The molecule has 0 atom stereocenters. The van der Waals surface area contributed by atoms with E-state index in [1.54, 1.807) is 6.07 Å². The molecule has 0 radical (unpaired) electrons. The van der Waals surface area contributed by atoms with Crippen molar-refractivity contribution >= 4 is 51.2 Å². The predicted octanol–water partition coefficient (Wildman–Crippen LogP) is 1.98. The van der Waals surface area contributed by atoms with Crippen molar-refractivity contribution in [1.29, 1.82) is 0 Å². The normalized spacial score (nSPS) is 10.1. The van der Waals surface area contributed by atoms with E-state index in [0.717, 1.165) is 0 Å². The minimum absolute atomic E-state index is 0.117. The molecule has 0 aromatic heterocycles. The zero-order valence-electron chi connectivity index (χ0n) is 6.60. The molecule has 1 aromatic rings. The first-order valence-electron chi connectivity index (χ1n) is 3.34. The molecule has 70 valence electrons. The maximum Gasteiger partial charge on any atom is 0.337 e. The summed E-state index contributed by atoms with van der Waals surface area (Å²) in [5.41, 5.74) is 0.426. The summed E-state index contributed by atoms with van der Waals surface area (Å²) in [6.45, 7) is 1.54. The van der Waals surface area contributed by atoms with Crippen LogP contribution < -0.4 is 5.11 Å². The second kappa shape index (κ2) is 3.99. The van der Waals surface area contributed by atoms with E-state index in [1.165, 1.54) is 6.92 Å². The largest absolute Gasteiger partial charge is 0.872 e. The van der Waals surface area contributed by atoms with Crippen molar-refractivity contribution in [3.8, 4) is 5.75 Å². The van der Waals surface area contributed by atoms with Crippen LogP contribution in [0.1, 0.15) is 15.9 Å². The summed E-state index contributed by atoms with van der Waals surface area (Å²) in [6, 6.07) is 1.58. The van der Waals surface area contributed by atoms with Crippen molar-refractivity contribution < 1.29 is 15.0 Å². The molecule has 0 aliphatic carbocycles. The van der Waals surface area contributed by atoms with Gasteiger partial charge in [-0.25, -0.2) is 4.79 Å². The predicted molar refractivity (Wildman–Crippen MR) is 63.0 cm³/mol. The molecule has 1 aromatic carbocycles. The van der Waals surface area contributed by atoms with Gasteiger partial charge in [0.1, 0.15) is 0 Å². The maximum absolute atomic E-state index is 11.4. The smallest absolute Gasteiger partial charge is 0.337 e. The van der Waals surface area contributed by atoms with Gasteiger partial charge < -0.3 is 10.2 Å². The molecule has 0 spiro atoms. The topological polar surface area (TPSA) is 60.4 Å². The van der Waals surface area contributed by atoms with Crippen LogP contribution in [0.3, 0.4) is 0 Å². The highest BCUT2D eigenvalue weighted by Gasteiger charge is 2.13. The molecule has 1 rings (SSSR count). The number of aromatic carboxylic acids is 1. The molecule has 13 heavy (non-hydrogen) atoms. The molecule has 0 bridgehead atoms. The number of carboxylic acids is 1. The number of carbonyl (C=O) groups is 1. The molecule has 0 amide bonds. The van der Waals surface area contributed by atoms with Gasteiger partial charge in [-0.2, -0.15) is 0 Å². The average molecular weight is 403 g/mol. The summed E-state index contributed by atoms with van der Waals surface area (Å²) >= 11 is 3.82. The van der Waals surface area contributed by atoms with Gasteiger partial charge in [-0.1, -0.05) is 5.75 Å². The van der Waals surface area contributed by atoms with Gasteiger partial charge >= 0.3 is 5.97 Å². The average Bonchev–Trinajstić information content (AvgIpc) is 1.99. The van der Waals surface area contributed by atoms with Crippen LogP contribution in [0.4, 0.5) is 0 Å². The summed E-state index contributed by atoms with van der Waals surface area (Å²) in [5, 5.41) is 20.2. The second-order valence-electron chi connectivity index (χ2n) is 2.47. The molecule has 1 N–H and O–H groups in total. The lowest BCUT2D eigenvalue weighted by atomic mass is 10.1. The van der Waals surface area contributed by atoms with Gasteiger partial charge in [-0.3, -0.25) is 0 Å². The van der Waals surface area contributed by atoms with Crippen molar-refractivity contribution in [1.82, 2.24) is 0 Å². The number of benzene rings is 1. The lowest BCUT2D eigenvalue weighted by Crippen LogP contribution is -2.08. The van der Waals surface area contributed by atoms with E-state index in [-0.39, 0.29) is 11.3 Å². The highest BCUT2D eigenvalue weighted by molar-refractivity contribution is 14.1. The number of rotatable bonds is 1. The van der Waals surface area contributed by atoms with Gasteiger partial charge in [0.15, 0.2) is 0 Å². The van der Waals surface area contributed by atoms with Gasteiger partial charge in [0.2, 0.25) is 0 Å². The van der Waals surface area contributed by atoms with Gasteiger partial charge in [-0.05, 0) is 63.7 Å². The van der Waals surface area contributed by atoms with Crippen molar-refractivity contribution in [2.45, 2.75) is 6.92 Å². The molecule has 0 aliphatic heterocycles. The lowest BCUT2D eigenvalue weighted by molar-refractivity contribution is -0.270. The molecule has 0 saturated heterocycles. The van der Waals surface area contributed by atoms with Crippen molar-refractivity contribution in [2.75, 3.05) is 0 Å². The van der Waals surface area contributed by atoms with E-state index < -0.39 is 5.97 Å². The van der Waals surface area contributed by atoms with Crippen LogP contribution in [0.2, 0.25) is 0 Å². The Balaban J connectivity index is 3.53. The number of hydrogen-bond donors (Lipinski definition) is 1. The third kappa shape index (κ3) is 2.06. The Bertz CT molecular complexity index is 374. The first kappa shape index (κ1) is 11.0. The lowest BCUT2D eigenvalue weighted by Gasteiger charge is -2.16. The molecular weight excluding hydrogens is 398 g/mol. The molecule has 3 nitrogen and oxygen atoms in total. The van der Waals surface area contributed by atoms with Crippen molar-refractivity contribution in [3.63, 3.8) is 0 Å². The van der Waals surface area contributed by atoms with Crippen LogP contribution >= 0.6 is 45.2 Å². The van der Waals surface area contributed by atoms with Gasteiger partial charge in [-0.15, -0.1) is 0 Å². The fraction of sp³-hybridized carbons (Fsp3) is 0.125. The van der Waals surface area contributed by atoms with Crippen LogP contribution in [0.15, 0.2) is 6.07 Å². The van der Waals surface area contributed by atoms with Gasteiger partial charge in [0.25, 0.3) is 0 Å². The molecule has 0 heterocycles. The zero-order chi connectivity index (χ0) is 10.2. The highest BCUT2D eigenvalue weighted by Crippen LogP contribution is 2.28. The minimum atomic E-state index is -1.05. The number of carboxylic acid groups (broad SMARTS) is 1. The Morgan fingerprint density at radius 1 is 1.46 bits per heavy atom. The van der Waals surface area contributed by atoms with Crippen LogP contribution in [-0.4, -0.2) is 11.1 Å². The monoisotopic (exact) mass is 403 g/mol. The molecule has 0 aliphatic rings. The quantitative estimate of drug-likeness (QED) is 0.730. The standard InChI is InChI=1S/C8H6I2O3/c1-3-6(8(12)13)4(9)2-5(10)7(3)11/h2,11H,1H3,(H,12,13)/p-1. The Morgan fingerprint density at radius 2 is 2.00 bits per heavy atom. The molecule has 0 saturated carbocycles. The summed E-state index contributed by atoms with van der Waals surface area (Å²) in [7, 11) is 0. The van der Waals surface area contributed by atoms with Crippen LogP contribution in [0, 0.1) is 14.1 Å².